The Morgan fingerprint density at radius 2 is 1.93 bits per heavy atom. The average Bonchev–Trinajstić information content (AvgIpc) is 3.15. The maximum absolute atomic E-state index is 12.4. The molecule has 0 saturated carbocycles. The van der Waals surface area contributed by atoms with Gasteiger partial charge >= 0.3 is 0 Å². The van der Waals surface area contributed by atoms with Gasteiger partial charge in [-0.25, -0.2) is 0 Å². The molecule has 0 aliphatic heterocycles. The van der Waals surface area contributed by atoms with E-state index in [-0.39, 0.29) is 18.3 Å². The van der Waals surface area contributed by atoms with E-state index in [4.69, 9.17) is 32.5 Å². The third-order valence-electron chi connectivity index (χ3n) is 3.75. The van der Waals surface area contributed by atoms with Gasteiger partial charge in [0.05, 0.1) is 11.6 Å². The van der Waals surface area contributed by atoms with Crippen LogP contribution in [0, 0.1) is 0 Å². The van der Waals surface area contributed by atoms with Gasteiger partial charge in [-0.05, 0) is 42.8 Å². The molecule has 0 saturated heterocycles. The maximum Gasteiger partial charge on any atom is 0.261 e. The molecule has 2 aromatic carbocycles. The molecule has 0 bridgehead atoms. The molecule has 1 heterocycles. The highest BCUT2D eigenvalue weighted by molar-refractivity contribution is 6.33. The Kier molecular flexibility index (Phi) is 6.32. The van der Waals surface area contributed by atoms with Crippen molar-refractivity contribution >= 4 is 29.1 Å². The minimum absolute atomic E-state index is 0.0940. The lowest BCUT2D eigenvalue weighted by Crippen LogP contribution is -2.37. The topological polar surface area (TPSA) is 77.2 Å². The molecular formula is C19H17Cl2N3O3. The molecule has 0 aliphatic rings. The number of hydrogen-bond acceptors (Lipinski definition) is 5. The summed E-state index contributed by atoms with van der Waals surface area (Å²) in [5.74, 6) is 0.944. The van der Waals surface area contributed by atoms with Crippen molar-refractivity contribution in [3.05, 3.63) is 64.5 Å². The van der Waals surface area contributed by atoms with Crippen molar-refractivity contribution in [2.45, 2.75) is 26.0 Å². The highest BCUT2D eigenvalue weighted by Gasteiger charge is 2.19. The van der Waals surface area contributed by atoms with Crippen molar-refractivity contribution in [2.24, 2.45) is 0 Å². The molecule has 0 unspecified atom stereocenters. The molecule has 1 atom stereocenters. The first-order valence-electron chi connectivity index (χ1n) is 8.34. The number of benzene rings is 2. The summed E-state index contributed by atoms with van der Waals surface area (Å²) < 4.78 is 10.9. The predicted octanol–water partition coefficient (Wildman–Crippen LogP) is 4.52. The summed E-state index contributed by atoms with van der Waals surface area (Å²) in [5, 5.41) is 7.77. The van der Waals surface area contributed by atoms with Gasteiger partial charge in [0.25, 0.3) is 5.91 Å². The Morgan fingerprint density at radius 3 is 2.63 bits per heavy atom. The van der Waals surface area contributed by atoms with Crippen LogP contribution in [0.15, 0.2) is 53.1 Å². The first-order valence-corrected chi connectivity index (χ1v) is 9.10. The molecule has 0 spiro atoms. The zero-order valence-corrected chi connectivity index (χ0v) is 16.0. The minimum Gasteiger partial charge on any atom is -0.481 e. The molecule has 140 valence electrons. The molecule has 3 aromatic rings. The lowest BCUT2D eigenvalue weighted by molar-refractivity contribution is -0.128. The largest absolute Gasteiger partial charge is 0.481 e. The molecule has 3 rings (SSSR count). The number of rotatable bonds is 7. The fraction of sp³-hybridized carbons (Fsp3) is 0.211. The first-order chi connectivity index (χ1) is 13.1. The molecule has 6 nitrogen and oxygen atoms in total. The van der Waals surface area contributed by atoms with Crippen LogP contribution in [0.3, 0.4) is 0 Å². The van der Waals surface area contributed by atoms with Crippen LogP contribution in [0.5, 0.6) is 5.75 Å². The van der Waals surface area contributed by atoms with Crippen molar-refractivity contribution in [2.75, 3.05) is 0 Å². The number of nitrogens with zero attached hydrogens (tertiary/aromatic N) is 2. The van der Waals surface area contributed by atoms with Gasteiger partial charge in [-0.15, -0.1) is 0 Å². The average molecular weight is 406 g/mol. The second-order valence-corrected chi connectivity index (χ2v) is 6.52. The van der Waals surface area contributed by atoms with Crippen molar-refractivity contribution in [1.82, 2.24) is 15.5 Å². The summed E-state index contributed by atoms with van der Waals surface area (Å²) in [6.07, 6.45) is -0.138. The van der Waals surface area contributed by atoms with Gasteiger partial charge in [0.1, 0.15) is 5.75 Å². The Morgan fingerprint density at radius 1 is 1.19 bits per heavy atom. The van der Waals surface area contributed by atoms with Crippen molar-refractivity contribution < 1.29 is 14.1 Å². The van der Waals surface area contributed by atoms with E-state index in [0.29, 0.717) is 33.6 Å². The summed E-state index contributed by atoms with van der Waals surface area (Å²) in [4.78, 5) is 16.6. The van der Waals surface area contributed by atoms with Crippen LogP contribution in [0.25, 0.3) is 11.4 Å². The van der Waals surface area contributed by atoms with E-state index in [1.165, 1.54) is 0 Å². The lowest BCUT2D eigenvalue weighted by Gasteiger charge is -2.16. The summed E-state index contributed by atoms with van der Waals surface area (Å²) >= 11 is 12.0. The van der Waals surface area contributed by atoms with Crippen molar-refractivity contribution in [3.63, 3.8) is 0 Å². The summed E-state index contributed by atoms with van der Waals surface area (Å²) in [6.45, 7) is 1.96. The highest BCUT2D eigenvalue weighted by Crippen LogP contribution is 2.24. The number of hydrogen-bond donors (Lipinski definition) is 1. The van der Waals surface area contributed by atoms with Crippen LogP contribution in [0.1, 0.15) is 19.2 Å². The van der Waals surface area contributed by atoms with Crippen LogP contribution in [-0.4, -0.2) is 22.2 Å². The van der Waals surface area contributed by atoms with Gasteiger partial charge in [0, 0.05) is 10.6 Å². The second-order valence-electron chi connectivity index (χ2n) is 5.68. The molecular weight excluding hydrogens is 389 g/mol. The monoisotopic (exact) mass is 405 g/mol. The normalized spacial score (nSPS) is 11.8. The van der Waals surface area contributed by atoms with Gasteiger partial charge in [-0.1, -0.05) is 47.4 Å². The Labute approximate surface area is 166 Å². The van der Waals surface area contributed by atoms with Gasteiger partial charge in [0.2, 0.25) is 11.7 Å². The fourth-order valence-corrected chi connectivity index (χ4v) is 2.70. The third kappa shape index (κ3) is 4.99. The van der Waals surface area contributed by atoms with Gasteiger partial charge in [-0.3, -0.25) is 4.79 Å². The highest BCUT2D eigenvalue weighted by atomic mass is 35.5. The Bertz CT molecular complexity index is 913. The van der Waals surface area contributed by atoms with Gasteiger partial charge in [0.15, 0.2) is 6.10 Å². The maximum atomic E-state index is 12.4. The third-order valence-corrected chi connectivity index (χ3v) is 4.33. The Balaban J connectivity index is 1.59. The summed E-state index contributed by atoms with van der Waals surface area (Å²) in [7, 11) is 0. The van der Waals surface area contributed by atoms with Crippen LogP contribution in [-0.2, 0) is 11.3 Å². The predicted molar refractivity (Wildman–Crippen MR) is 103 cm³/mol. The smallest absolute Gasteiger partial charge is 0.261 e. The number of amides is 1. The van der Waals surface area contributed by atoms with E-state index in [1.54, 1.807) is 36.4 Å². The first kappa shape index (κ1) is 19.2. The molecule has 1 amide bonds. The van der Waals surface area contributed by atoms with Crippen LogP contribution in [0.4, 0.5) is 0 Å². The number of nitrogens with one attached hydrogen (secondary N) is 1. The van der Waals surface area contributed by atoms with Gasteiger partial charge in [-0.2, -0.15) is 4.98 Å². The number of halogens is 2. The van der Waals surface area contributed by atoms with Crippen LogP contribution >= 0.6 is 23.2 Å². The molecule has 8 heteroatoms. The van der Waals surface area contributed by atoms with Gasteiger partial charge < -0.3 is 14.6 Å². The van der Waals surface area contributed by atoms with E-state index in [0.717, 1.165) is 0 Å². The standard InChI is InChI=1S/C19H17Cl2N3O3/c1-2-16(26-13-9-7-12(20)8-10-13)19(25)22-11-17-23-18(24-27-17)14-5-3-4-6-15(14)21/h3-10,16H,2,11H2,1H3,(H,22,25)/t16-/m0/s1. The molecule has 27 heavy (non-hydrogen) atoms. The lowest BCUT2D eigenvalue weighted by atomic mass is 10.2. The number of carbonyl (C=O) groups is 1. The number of ether oxygens (including phenoxy) is 1. The molecule has 1 aromatic heterocycles. The van der Waals surface area contributed by atoms with E-state index < -0.39 is 6.10 Å². The number of carbonyl (C=O) groups excluding carboxylic acids is 1. The second kappa shape index (κ2) is 8.88. The van der Waals surface area contributed by atoms with E-state index >= 15 is 0 Å². The molecule has 0 fully saturated rings. The Hall–Kier alpha value is -2.57. The van der Waals surface area contributed by atoms with Crippen LogP contribution in [0.2, 0.25) is 10.0 Å². The summed E-state index contributed by atoms with van der Waals surface area (Å²) in [5.41, 5.74) is 0.665. The zero-order chi connectivity index (χ0) is 19.2. The minimum atomic E-state index is -0.642. The van der Waals surface area contributed by atoms with E-state index in [2.05, 4.69) is 15.5 Å². The van der Waals surface area contributed by atoms with Crippen molar-refractivity contribution in [3.8, 4) is 17.1 Å². The molecule has 1 N–H and O–H groups in total. The zero-order valence-electron chi connectivity index (χ0n) is 14.5. The molecule has 0 radical (unpaired) electrons. The van der Waals surface area contributed by atoms with E-state index in [1.807, 2.05) is 19.1 Å². The summed E-state index contributed by atoms with van der Waals surface area (Å²) in [6, 6.07) is 14.0. The van der Waals surface area contributed by atoms with Crippen molar-refractivity contribution in [1.29, 1.82) is 0 Å². The molecule has 0 aliphatic carbocycles. The fourth-order valence-electron chi connectivity index (χ4n) is 2.35. The SMILES string of the molecule is CC[C@H](Oc1ccc(Cl)cc1)C(=O)NCc1nc(-c2ccccc2Cl)no1. The quantitative estimate of drug-likeness (QED) is 0.625. The number of aromatic nitrogens is 2. The van der Waals surface area contributed by atoms with Crippen LogP contribution < -0.4 is 10.1 Å². The van der Waals surface area contributed by atoms with E-state index in [9.17, 15) is 4.79 Å².